The molecule has 0 spiro atoms. The normalized spacial score (nSPS) is 21.7. The molecule has 1 saturated heterocycles. The summed E-state index contributed by atoms with van der Waals surface area (Å²) in [7, 11) is 0. The number of hydrogen-bond donors (Lipinski definition) is 2. The number of nitrogens with zero attached hydrogens (tertiary/aromatic N) is 1. The molecule has 1 fully saturated rings. The summed E-state index contributed by atoms with van der Waals surface area (Å²) in [5.74, 6) is 0.660. The van der Waals surface area contributed by atoms with E-state index in [9.17, 15) is 4.79 Å². The van der Waals surface area contributed by atoms with E-state index in [1.54, 1.807) is 6.92 Å². The highest BCUT2D eigenvalue weighted by Crippen LogP contribution is 2.14. The van der Waals surface area contributed by atoms with Crippen LogP contribution in [0.5, 0.6) is 0 Å². The average Bonchev–Trinajstić information content (AvgIpc) is 2.68. The number of nitrogens with one attached hydrogen (secondary N) is 2. The fraction of sp³-hybridized carbons (Fsp3) is 0.667. The van der Waals surface area contributed by atoms with Gasteiger partial charge in [0, 0.05) is 24.4 Å². The van der Waals surface area contributed by atoms with Crippen molar-refractivity contribution in [3.8, 4) is 0 Å². The SMILES string of the molecule is Cc1nc(C)c(C(C)NC2CCOC2)c(=O)[nH]1. The van der Waals surface area contributed by atoms with E-state index in [2.05, 4.69) is 15.3 Å². The van der Waals surface area contributed by atoms with Gasteiger partial charge < -0.3 is 15.0 Å². The zero-order chi connectivity index (χ0) is 12.4. The number of hydrogen-bond acceptors (Lipinski definition) is 4. The number of aryl methyl sites for hydroxylation is 2. The summed E-state index contributed by atoms with van der Waals surface area (Å²) in [4.78, 5) is 19.0. The van der Waals surface area contributed by atoms with Crippen molar-refractivity contribution in [3.05, 3.63) is 27.4 Å². The van der Waals surface area contributed by atoms with E-state index in [-0.39, 0.29) is 11.6 Å². The van der Waals surface area contributed by atoms with Gasteiger partial charge in [-0.2, -0.15) is 0 Å². The van der Waals surface area contributed by atoms with Crippen LogP contribution in [0.3, 0.4) is 0 Å². The largest absolute Gasteiger partial charge is 0.380 e. The minimum Gasteiger partial charge on any atom is -0.380 e. The van der Waals surface area contributed by atoms with E-state index < -0.39 is 0 Å². The molecule has 2 N–H and O–H groups in total. The first-order chi connectivity index (χ1) is 8.08. The molecule has 1 aliphatic heterocycles. The molecule has 2 unspecified atom stereocenters. The van der Waals surface area contributed by atoms with Crippen molar-refractivity contribution >= 4 is 0 Å². The third-order valence-electron chi connectivity index (χ3n) is 3.11. The lowest BCUT2D eigenvalue weighted by atomic mass is 10.1. The second-order valence-electron chi connectivity index (χ2n) is 4.60. The monoisotopic (exact) mass is 237 g/mol. The van der Waals surface area contributed by atoms with Crippen LogP contribution in [0.1, 0.15) is 36.5 Å². The van der Waals surface area contributed by atoms with Crippen LogP contribution in [0.25, 0.3) is 0 Å². The Morgan fingerprint density at radius 2 is 2.29 bits per heavy atom. The second-order valence-corrected chi connectivity index (χ2v) is 4.60. The van der Waals surface area contributed by atoms with Crippen LogP contribution in [0.4, 0.5) is 0 Å². The minimum atomic E-state index is -0.0473. The molecule has 1 aromatic rings. The highest BCUT2D eigenvalue weighted by molar-refractivity contribution is 5.20. The Hall–Kier alpha value is -1.20. The molecule has 0 amide bonds. The van der Waals surface area contributed by atoms with Crippen LogP contribution >= 0.6 is 0 Å². The van der Waals surface area contributed by atoms with Gasteiger partial charge in [0.25, 0.3) is 5.56 Å². The molecular formula is C12H19N3O2. The Morgan fingerprint density at radius 1 is 1.53 bits per heavy atom. The Kier molecular flexibility index (Phi) is 3.59. The van der Waals surface area contributed by atoms with Crippen molar-refractivity contribution in [3.63, 3.8) is 0 Å². The molecule has 0 aromatic carbocycles. The summed E-state index contributed by atoms with van der Waals surface area (Å²) in [5.41, 5.74) is 1.47. The molecule has 94 valence electrons. The maximum absolute atomic E-state index is 11.9. The average molecular weight is 237 g/mol. The van der Waals surface area contributed by atoms with E-state index in [1.807, 2.05) is 13.8 Å². The predicted molar refractivity (Wildman–Crippen MR) is 65.1 cm³/mol. The number of aromatic nitrogens is 2. The Bertz CT molecular complexity index is 450. The smallest absolute Gasteiger partial charge is 0.255 e. The van der Waals surface area contributed by atoms with Gasteiger partial charge in [-0.05, 0) is 27.2 Å². The molecule has 0 aliphatic carbocycles. The molecule has 2 atom stereocenters. The van der Waals surface area contributed by atoms with Crippen molar-refractivity contribution in [1.29, 1.82) is 0 Å². The Labute approximate surface area is 101 Å². The summed E-state index contributed by atoms with van der Waals surface area (Å²) in [5, 5.41) is 3.41. The molecule has 0 radical (unpaired) electrons. The molecule has 1 aliphatic rings. The molecule has 17 heavy (non-hydrogen) atoms. The molecule has 5 heteroatoms. The van der Waals surface area contributed by atoms with Gasteiger partial charge in [-0.1, -0.05) is 0 Å². The molecule has 2 heterocycles. The highest BCUT2D eigenvalue weighted by Gasteiger charge is 2.21. The maximum Gasteiger partial charge on any atom is 0.255 e. The number of ether oxygens (including phenoxy) is 1. The van der Waals surface area contributed by atoms with Crippen molar-refractivity contribution in [1.82, 2.24) is 15.3 Å². The van der Waals surface area contributed by atoms with Crippen molar-refractivity contribution in [2.24, 2.45) is 0 Å². The van der Waals surface area contributed by atoms with Crippen LogP contribution in [-0.4, -0.2) is 29.2 Å². The first-order valence-electron chi connectivity index (χ1n) is 5.99. The van der Waals surface area contributed by atoms with Crippen LogP contribution in [-0.2, 0) is 4.74 Å². The lowest BCUT2D eigenvalue weighted by Crippen LogP contribution is -2.35. The molecule has 0 bridgehead atoms. The van der Waals surface area contributed by atoms with Gasteiger partial charge in [0.1, 0.15) is 5.82 Å². The summed E-state index contributed by atoms with van der Waals surface area (Å²) in [6, 6.07) is 0.337. The van der Waals surface area contributed by atoms with E-state index in [0.29, 0.717) is 11.9 Å². The fourth-order valence-corrected chi connectivity index (χ4v) is 2.35. The first-order valence-corrected chi connectivity index (χ1v) is 5.99. The van der Waals surface area contributed by atoms with E-state index in [1.165, 1.54) is 0 Å². The fourth-order valence-electron chi connectivity index (χ4n) is 2.35. The summed E-state index contributed by atoms with van der Waals surface area (Å²) in [6.45, 7) is 7.18. The van der Waals surface area contributed by atoms with Crippen molar-refractivity contribution in [2.75, 3.05) is 13.2 Å². The van der Waals surface area contributed by atoms with Gasteiger partial charge in [0.05, 0.1) is 12.2 Å². The Morgan fingerprint density at radius 3 is 2.88 bits per heavy atom. The Balaban J connectivity index is 2.18. The van der Waals surface area contributed by atoms with Crippen LogP contribution in [0.2, 0.25) is 0 Å². The molecule has 5 nitrogen and oxygen atoms in total. The standard InChI is InChI=1S/C12H19N3O2/c1-7-11(12(16)15-9(3)13-7)8(2)14-10-4-5-17-6-10/h8,10,14H,4-6H2,1-3H3,(H,13,15,16). The maximum atomic E-state index is 11.9. The number of rotatable bonds is 3. The number of aromatic amines is 1. The third-order valence-corrected chi connectivity index (χ3v) is 3.11. The van der Waals surface area contributed by atoms with Gasteiger partial charge in [0.15, 0.2) is 0 Å². The van der Waals surface area contributed by atoms with Crippen LogP contribution < -0.4 is 10.9 Å². The summed E-state index contributed by atoms with van der Waals surface area (Å²) in [6.07, 6.45) is 1.00. The van der Waals surface area contributed by atoms with Gasteiger partial charge in [0.2, 0.25) is 0 Å². The predicted octanol–water partition coefficient (Wildman–Crippen LogP) is 0.826. The van der Waals surface area contributed by atoms with Gasteiger partial charge in [-0.25, -0.2) is 4.98 Å². The van der Waals surface area contributed by atoms with Crippen LogP contribution in [0, 0.1) is 13.8 Å². The quantitative estimate of drug-likeness (QED) is 0.817. The van der Waals surface area contributed by atoms with Gasteiger partial charge in [-0.15, -0.1) is 0 Å². The first kappa shape index (κ1) is 12.3. The lowest BCUT2D eigenvalue weighted by Gasteiger charge is -2.19. The zero-order valence-corrected chi connectivity index (χ0v) is 10.5. The molecule has 0 saturated carbocycles. The van der Waals surface area contributed by atoms with Crippen molar-refractivity contribution < 1.29 is 4.74 Å². The lowest BCUT2D eigenvalue weighted by molar-refractivity contribution is 0.188. The van der Waals surface area contributed by atoms with E-state index in [0.717, 1.165) is 30.9 Å². The van der Waals surface area contributed by atoms with E-state index >= 15 is 0 Å². The summed E-state index contributed by atoms with van der Waals surface area (Å²) >= 11 is 0. The van der Waals surface area contributed by atoms with Crippen molar-refractivity contribution in [2.45, 2.75) is 39.3 Å². The van der Waals surface area contributed by atoms with Gasteiger partial charge >= 0.3 is 0 Å². The number of H-pyrrole nitrogens is 1. The topological polar surface area (TPSA) is 67.0 Å². The van der Waals surface area contributed by atoms with E-state index in [4.69, 9.17) is 4.74 Å². The second kappa shape index (κ2) is 4.98. The third kappa shape index (κ3) is 2.73. The summed E-state index contributed by atoms with van der Waals surface area (Å²) < 4.78 is 5.31. The minimum absolute atomic E-state index is 0.00134. The zero-order valence-electron chi connectivity index (χ0n) is 10.5. The molecular weight excluding hydrogens is 218 g/mol. The van der Waals surface area contributed by atoms with Crippen LogP contribution in [0.15, 0.2) is 4.79 Å². The van der Waals surface area contributed by atoms with Gasteiger partial charge in [-0.3, -0.25) is 4.79 Å². The highest BCUT2D eigenvalue weighted by atomic mass is 16.5. The molecule has 2 rings (SSSR count). The molecule has 1 aromatic heterocycles.